The molecule has 0 radical (unpaired) electrons. The molecule has 100 valence electrons. The fraction of sp³-hybridized carbons (Fsp3) is 0.214. The molecule has 19 heavy (non-hydrogen) atoms. The highest BCUT2D eigenvalue weighted by Crippen LogP contribution is 2.09. The molecular weight excluding hydrogens is 260 g/mol. The van der Waals surface area contributed by atoms with Gasteiger partial charge in [-0.15, -0.1) is 11.3 Å². The molecule has 5 heteroatoms. The van der Waals surface area contributed by atoms with Gasteiger partial charge in [0.15, 0.2) is 5.84 Å². The van der Waals surface area contributed by atoms with Crippen molar-refractivity contribution in [3.8, 4) is 5.75 Å². The molecule has 0 bridgehead atoms. The van der Waals surface area contributed by atoms with Gasteiger partial charge in [0, 0.05) is 6.42 Å². The summed E-state index contributed by atoms with van der Waals surface area (Å²) in [5.74, 6) is 1.28. The molecule has 0 spiro atoms. The van der Waals surface area contributed by atoms with E-state index in [9.17, 15) is 0 Å². The molecule has 0 aliphatic heterocycles. The summed E-state index contributed by atoms with van der Waals surface area (Å²) in [6.07, 6.45) is 0.760. The van der Waals surface area contributed by atoms with Crippen LogP contribution < -0.4 is 10.5 Å². The smallest absolute Gasteiger partial charge is 0.180 e. The summed E-state index contributed by atoms with van der Waals surface area (Å²) in [5.41, 5.74) is 5.75. The van der Waals surface area contributed by atoms with Crippen LogP contribution in [0.15, 0.2) is 53.0 Å². The van der Waals surface area contributed by atoms with E-state index in [1.807, 2.05) is 47.8 Å². The fourth-order valence-electron chi connectivity index (χ4n) is 1.41. The molecule has 0 saturated carbocycles. The second-order valence-corrected chi connectivity index (χ2v) is 4.75. The number of hydrogen-bond acceptors (Lipinski definition) is 4. The zero-order valence-electron chi connectivity index (χ0n) is 10.5. The number of oxime groups is 1. The summed E-state index contributed by atoms with van der Waals surface area (Å²) in [5, 5.41) is 5.81. The molecule has 1 aromatic carbocycles. The highest BCUT2D eigenvalue weighted by molar-refractivity contribution is 7.12. The van der Waals surface area contributed by atoms with Crippen LogP contribution in [0.3, 0.4) is 0 Å². The highest BCUT2D eigenvalue weighted by atomic mass is 32.1. The maximum absolute atomic E-state index is 5.75. The minimum absolute atomic E-state index is 0.416. The number of ether oxygens (including phenoxy) is 1. The normalized spacial score (nSPS) is 11.3. The first-order valence-corrected chi connectivity index (χ1v) is 6.91. The summed E-state index contributed by atoms with van der Waals surface area (Å²) in [7, 11) is 0. The number of para-hydroxylation sites is 1. The number of nitrogens with zero attached hydrogens (tertiary/aromatic N) is 1. The van der Waals surface area contributed by atoms with Gasteiger partial charge >= 0.3 is 0 Å². The molecule has 0 unspecified atom stereocenters. The fourth-order valence-corrected chi connectivity index (χ4v) is 2.03. The van der Waals surface area contributed by atoms with Crippen LogP contribution in [0.1, 0.15) is 11.3 Å². The molecule has 1 aromatic heterocycles. The largest absolute Gasteiger partial charge is 0.493 e. The second kappa shape index (κ2) is 7.43. The van der Waals surface area contributed by atoms with Gasteiger partial charge in [-0.2, -0.15) is 0 Å². The van der Waals surface area contributed by atoms with E-state index >= 15 is 0 Å². The summed E-state index contributed by atoms with van der Waals surface area (Å²) in [6.45, 7) is 1.08. The van der Waals surface area contributed by atoms with Crippen molar-refractivity contribution in [3.63, 3.8) is 0 Å². The Morgan fingerprint density at radius 1 is 1.11 bits per heavy atom. The summed E-state index contributed by atoms with van der Waals surface area (Å²) in [4.78, 5) is 6.06. The molecular formula is C14H16N2O2S. The lowest BCUT2D eigenvalue weighted by molar-refractivity contribution is 0.127. The lowest BCUT2D eigenvalue weighted by Gasteiger charge is -2.05. The molecule has 2 rings (SSSR count). The Balaban J connectivity index is 1.61. The van der Waals surface area contributed by atoms with Crippen LogP contribution >= 0.6 is 11.3 Å². The average molecular weight is 276 g/mol. The van der Waals surface area contributed by atoms with Crippen LogP contribution in [0.25, 0.3) is 0 Å². The van der Waals surface area contributed by atoms with E-state index < -0.39 is 0 Å². The SMILES string of the molecule is NC(=NOCCCOc1ccccc1)c1cccs1. The van der Waals surface area contributed by atoms with Crippen molar-refractivity contribution in [2.75, 3.05) is 13.2 Å². The van der Waals surface area contributed by atoms with Gasteiger partial charge in [-0.3, -0.25) is 0 Å². The first kappa shape index (κ1) is 13.4. The Morgan fingerprint density at radius 2 is 1.95 bits per heavy atom. The second-order valence-electron chi connectivity index (χ2n) is 3.80. The lowest BCUT2D eigenvalue weighted by atomic mass is 10.3. The van der Waals surface area contributed by atoms with Gasteiger partial charge in [0.05, 0.1) is 11.5 Å². The van der Waals surface area contributed by atoms with Crippen molar-refractivity contribution in [2.24, 2.45) is 10.9 Å². The molecule has 0 amide bonds. The van der Waals surface area contributed by atoms with Crippen LogP contribution in [0.2, 0.25) is 0 Å². The topological polar surface area (TPSA) is 56.8 Å². The number of amidine groups is 1. The monoisotopic (exact) mass is 276 g/mol. The van der Waals surface area contributed by atoms with Gasteiger partial charge in [0.25, 0.3) is 0 Å². The Morgan fingerprint density at radius 3 is 2.68 bits per heavy atom. The number of nitrogens with two attached hydrogens (primary N) is 1. The maximum atomic E-state index is 5.75. The van der Waals surface area contributed by atoms with Crippen LogP contribution in [0, 0.1) is 0 Å². The molecule has 2 aromatic rings. The number of rotatable bonds is 7. The Labute approximate surface area is 116 Å². The van der Waals surface area contributed by atoms with Crippen molar-refractivity contribution in [1.29, 1.82) is 0 Å². The molecule has 0 saturated heterocycles. The average Bonchev–Trinajstić information content (AvgIpc) is 2.98. The van der Waals surface area contributed by atoms with Gasteiger partial charge in [0.1, 0.15) is 12.4 Å². The molecule has 0 atom stereocenters. The van der Waals surface area contributed by atoms with Gasteiger partial charge in [-0.05, 0) is 23.6 Å². The van der Waals surface area contributed by atoms with E-state index in [2.05, 4.69) is 5.16 Å². The molecule has 0 aliphatic carbocycles. The summed E-state index contributed by atoms with van der Waals surface area (Å²) in [6, 6.07) is 13.5. The van der Waals surface area contributed by atoms with E-state index in [4.69, 9.17) is 15.3 Å². The lowest BCUT2D eigenvalue weighted by Crippen LogP contribution is -2.12. The van der Waals surface area contributed by atoms with Gasteiger partial charge in [0.2, 0.25) is 0 Å². The van der Waals surface area contributed by atoms with E-state index in [0.717, 1.165) is 17.0 Å². The maximum Gasteiger partial charge on any atom is 0.180 e. The molecule has 4 nitrogen and oxygen atoms in total. The Hall–Kier alpha value is -2.01. The Bertz CT molecular complexity index is 497. The summed E-state index contributed by atoms with van der Waals surface area (Å²) < 4.78 is 5.53. The number of benzene rings is 1. The molecule has 0 fully saturated rings. The first-order chi connectivity index (χ1) is 9.36. The van der Waals surface area contributed by atoms with Gasteiger partial charge < -0.3 is 15.3 Å². The zero-order chi connectivity index (χ0) is 13.3. The predicted octanol–water partition coefficient (Wildman–Crippen LogP) is 2.85. The van der Waals surface area contributed by atoms with E-state index in [1.165, 1.54) is 11.3 Å². The molecule has 2 N–H and O–H groups in total. The van der Waals surface area contributed by atoms with Crippen molar-refractivity contribution < 1.29 is 9.57 Å². The van der Waals surface area contributed by atoms with Gasteiger partial charge in [-0.1, -0.05) is 29.4 Å². The van der Waals surface area contributed by atoms with Crippen LogP contribution in [-0.2, 0) is 4.84 Å². The first-order valence-electron chi connectivity index (χ1n) is 6.03. The van der Waals surface area contributed by atoms with Crippen molar-refractivity contribution in [3.05, 3.63) is 52.7 Å². The number of thiophene rings is 1. The highest BCUT2D eigenvalue weighted by Gasteiger charge is 1.99. The van der Waals surface area contributed by atoms with Gasteiger partial charge in [-0.25, -0.2) is 0 Å². The predicted molar refractivity (Wildman–Crippen MR) is 77.5 cm³/mol. The van der Waals surface area contributed by atoms with E-state index in [0.29, 0.717) is 19.0 Å². The van der Waals surface area contributed by atoms with E-state index in [-0.39, 0.29) is 0 Å². The minimum Gasteiger partial charge on any atom is -0.493 e. The van der Waals surface area contributed by atoms with Crippen LogP contribution in [-0.4, -0.2) is 19.0 Å². The third-order valence-electron chi connectivity index (χ3n) is 2.33. The number of hydrogen-bond donors (Lipinski definition) is 1. The van der Waals surface area contributed by atoms with Crippen molar-refractivity contribution in [2.45, 2.75) is 6.42 Å². The minimum atomic E-state index is 0.416. The summed E-state index contributed by atoms with van der Waals surface area (Å²) >= 11 is 1.54. The zero-order valence-corrected chi connectivity index (χ0v) is 11.3. The standard InChI is InChI=1S/C14H16N2O2S/c15-14(13-8-4-11-19-13)16-18-10-5-9-17-12-6-2-1-3-7-12/h1-4,6-8,11H,5,9-10H2,(H2,15,16). The third-order valence-corrected chi connectivity index (χ3v) is 3.22. The van der Waals surface area contributed by atoms with Crippen molar-refractivity contribution in [1.82, 2.24) is 0 Å². The third kappa shape index (κ3) is 4.63. The van der Waals surface area contributed by atoms with Crippen LogP contribution in [0.5, 0.6) is 5.75 Å². The van der Waals surface area contributed by atoms with Crippen molar-refractivity contribution >= 4 is 17.2 Å². The Kier molecular flexibility index (Phi) is 5.25. The van der Waals surface area contributed by atoms with E-state index in [1.54, 1.807) is 0 Å². The molecule has 0 aliphatic rings. The molecule has 1 heterocycles. The quantitative estimate of drug-likeness (QED) is 0.366. The van der Waals surface area contributed by atoms with Crippen LogP contribution in [0.4, 0.5) is 0 Å².